The zero-order chi connectivity index (χ0) is 30.8. The Hall–Kier alpha value is -4.90. The lowest BCUT2D eigenvalue weighted by Gasteiger charge is -2.35. The highest BCUT2D eigenvalue weighted by molar-refractivity contribution is 5.95. The molecule has 1 atom stereocenters. The molecule has 9 nitrogen and oxygen atoms in total. The van der Waals surface area contributed by atoms with E-state index < -0.39 is 29.2 Å². The van der Waals surface area contributed by atoms with E-state index in [4.69, 9.17) is 10.5 Å². The molecular formula is C33H37N5O4. The van der Waals surface area contributed by atoms with Crippen molar-refractivity contribution < 1.29 is 19.1 Å². The lowest BCUT2D eigenvalue weighted by Crippen LogP contribution is -2.61. The third kappa shape index (κ3) is 9.93. The summed E-state index contributed by atoms with van der Waals surface area (Å²) in [6.07, 6.45) is 2.89. The standard InChI is InChI=1S/C33H37N5O4/c1-32(2,3)42-31(41)38-33(4,5)29(28(34)22-39)37-30(40)27-16-14-24(15-17-27)9-8-23-10-12-25(13-11-23)19-36-21-26-7-6-18-35-20-26/h6-7,10-18,20,29,36H,19,21,34H2,1-5H3,(H,37,40)(H,38,41). The molecule has 0 saturated heterocycles. The normalized spacial score (nSPS) is 11.7. The van der Waals surface area contributed by atoms with Crippen LogP contribution in [0.25, 0.3) is 0 Å². The SMILES string of the molecule is CC(C)(C)OC(=O)NC(C)(C)C(NC(=O)c1ccc(C#Cc2ccc(CNCc3cccnc3)cc2)cc1)C(N)=C=O. The predicted molar refractivity (Wildman–Crippen MR) is 162 cm³/mol. The highest BCUT2D eigenvalue weighted by atomic mass is 16.6. The van der Waals surface area contributed by atoms with Crippen LogP contribution < -0.4 is 21.7 Å². The van der Waals surface area contributed by atoms with Crippen molar-refractivity contribution in [3.8, 4) is 11.8 Å². The zero-order valence-corrected chi connectivity index (χ0v) is 24.6. The molecule has 0 bridgehead atoms. The molecule has 0 saturated carbocycles. The highest BCUT2D eigenvalue weighted by Crippen LogP contribution is 2.17. The molecule has 0 aliphatic heterocycles. The largest absolute Gasteiger partial charge is 0.444 e. The van der Waals surface area contributed by atoms with E-state index >= 15 is 0 Å². The maximum Gasteiger partial charge on any atom is 0.408 e. The van der Waals surface area contributed by atoms with E-state index in [1.807, 2.05) is 42.6 Å². The number of aromatic nitrogens is 1. The number of nitrogens with one attached hydrogen (secondary N) is 3. The number of carbonyl (C=O) groups excluding carboxylic acids is 3. The zero-order valence-electron chi connectivity index (χ0n) is 24.6. The van der Waals surface area contributed by atoms with Gasteiger partial charge in [-0.2, -0.15) is 0 Å². The number of ether oxygens (including phenoxy) is 1. The molecular weight excluding hydrogens is 530 g/mol. The summed E-state index contributed by atoms with van der Waals surface area (Å²) in [5.41, 5.74) is 7.93. The molecule has 42 heavy (non-hydrogen) atoms. The molecule has 1 heterocycles. The minimum Gasteiger partial charge on any atom is -0.444 e. The number of hydrogen-bond donors (Lipinski definition) is 4. The molecule has 1 aromatic heterocycles. The van der Waals surface area contributed by atoms with Gasteiger partial charge in [-0.1, -0.05) is 30.0 Å². The molecule has 2 aromatic carbocycles. The van der Waals surface area contributed by atoms with Crippen LogP contribution in [0.2, 0.25) is 0 Å². The van der Waals surface area contributed by atoms with Crippen LogP contribution in [0.4, 0.5) is 4.79 Å². The van der Waals surface area contributed by atoms with Crippen LogP contribution in [-0.4, -0.2) is 40.1 Å². The number of nitrogens with two attached hydrogens (primary N) is 1. The molecule has 5 N–H and O–H groups in total. The fraction of sp³-hybridized carbons (Fsp3) is 0.303. The Morgan fingerprint density at radius 2 is 1.50 bits per heavy atom. The van der Waals surface area contributed by atoms with Crippen LogP contribution in [0.3, 0.4) is 0 Å². The van der Waals surface area contributed by atoms with Gasteiger partial charge in [-0.3, -0.25) is 9.78 Å². The second-order valence-electron chi connectivity index (χ2n) is 11.3. The number of benzene rings is 2. The van der Waals surface area contributed by atoms with Crippen molar-refractivity contribution in [3.05, 3.63) is 107 Å². The Kier molecular flexibility index (Phi) is 10.6. The van der Waals surface area contributed by atoms with Gasteiger partial charge in [-0.25, -0.2) is 9.59 Å². The molecule has 9 heteroatoms. The lowest BCUT2D eigenvalue weighted by atomic mass is 9.92. The monoisotopic (exact) mass is 567 g/mol. The molecule has 0 radical (unpaired) electrons. The van der Waals surface area contributed by atoms with Gasteiger partial charge in [-0.05, 0) is 88.2 Å². The van der Waals surface area contributed by atoms with Gasteiger partial charge < -0.3 is 26.4 Å². The average Bonchev–Trinajstić information content (AvgIpc) is 2.94. The molecule has 2 amide bonds. The molecule has 3 rings (SSSR count). The number of alkyl carbamates (subject to hydrolysis) is 1. The van der Waals surface area contributed by atoms with E-state index in [0.29, 0.717) is 5.56 Å². The van der Waals surface area contributed by atoms with Gasteiger partial charge >= 0.3 is 6.09 Å². The molecule has 0 spiro atoms. The summed E-state index contributed by atoms with van der Waals surface area (Å²) in [7, 11) is 0. The maximum absolute atomic E-state index is 13.0. The van der Waals surface area contributed by atoms with Gasteiger partial charge in [-0.15, -0.1) is 0 Å². The van der Waals surface area contributed by atoms with E-state index in [2.05, 4.69) is 32.8 Å². The minimum absolute atomic E-state index is 0.262. The lowest BCUT2D eigenvalue weighted by molar-refractivity contribution is 0.0453. The van der Waals surface area contributed by atoms with Gasteiger partial charge in [0.1, 0.15) is 23.3 Å². The van der Waals surface area contributed by atoms with Crippen molar-refractivity contribution in [2.75, 3.05) is 0 Å². The fourth-order valence-electron chi connectivity index (χ4n) is 3.97. The summed E-state index contributed by atoms with van der Waals surface area (Å²) in [6, 6.07) is 17.6. The first kappa shape index (κ1) is 31.6. The maximum atomic E-state index is 13.0. The van der Waals surface area contributed by atoms with E-state index in [0.717, 1.165) is 35.3 Å². The van der Waals surface area contributed by atoms with E-state index in [9.17, 15) is 14.4 Å². The summed E-state index contributed by atoms with van der Waals surface area (Å²) in [5.74, 6) is 7.38. The van der Waals surface area contributed by atoms with Crippen LogP contribution >= 0.6 is 0 Å². The van der Waals surface area contributed by atoms with Crippen molar-refractivity contribution >= 4 is 17.9 Å². The van der Waals surface area contributed by atoms with Crippen molar-refractivity contribution in [1.82, 2.24) is 20.9 Å². The first-order valence-corrected chi connectivity index (χ1v) is 13.5. The van der Waals surface area contributed by atoms with E-state index in [-0.39, 0.29) is 5.70 Å². The van der Waals surface area contributed by atoms with Gasteiger partial charge in [0.15, 0.2) is 0 Å². The second kappa shape index (κ2) is 14.1. The van der Waals surface area contributed by atoms with Crippen molar-refractivity contribution in [1.29, 1.82) is 0 Å². The average molecular weight is 568 g/mol. The van der Waals surface area contributed by atoms with Crippen molar-refractivity contribution in [3.63, 3.8) is 0 Å². The first-order chi connectivity index (χ1) is 19.9. The summed E-state index contributed by atoms with van der Waals surface area (Å²) in [5, 5.41) is 8.78. The molecule has 0 aliphatic carbocycles. The van der Waals surface area contributed by atoms with E-state index in [1.54, 1.807) is 71.0 Å². The van der Waals surface area contributed by atoms with Crippen LogP contribution in [-0.2, 0) is 22.6 Å². The summed E-state index contributed by atoms with van der Waals surface area (Å²) in [6.45, 7) is 9.91. The Labute approximate surface area is 247 Å². The van der Waals surface area contributed by atoms with Gasteiger partial charge in [0, 0.05) is 42.2 Å². The molecule has 0 fully saturated rings. The fourth-order valence-corrected chi connectivity index (χ4v) is 3.97. The van der Waals surface area contributed by atoms with Gasteiger partial charge in [0.25, 0.3) is 5.91 Å². The first-order valence-electron chi connectivity index (χ1n) is 13.5. The van der Waals surface area contributed by atoms with Crippen LogP contribution in [0, 0.1) is 11.8 Å². The quantitative estimate of drug-likeness (QED) is 0.228. The number of hydrogen-bond acceptors (Lipinski definition) is 7. The molecule has 3 aromatic rings. The third-order valence-corrected chi connectivity index (χ3v) is 6.08. The molecule has 0 aliphatic rings. The van der Waals surface area contributed by atoms with Gasteiger partial charge in [0.2, 0.25) is 0 Å². The Morgan fingerprint density at radius 1 is 0.905 bits per heavy atom. The molecule has 1 unspecified atom stereocenters. The Morgan fingerprint density at radius 3 is 2.05 bits per heavy atom. The molecule has 218 valence electrons. The summed E-state index contributed by atoms with van der Waals surface area (Å²) < 4.78 is 5.30. The summed E-state index contributed by atoms with van der Waals surface area (Å²) >= 11 is 0. The number of pyridine rings is 1. The van der Waals surface area contributed by atoms with Crippen LogP contribution in [0.1, 0.15) is 67.2 Å². The minimum atomic E-state index is -1.16. The topological polar surface area (TPSA) is 135 Å². The smallest absolute Gasteiger partial charge is 0.408 e. The van der Waals surface area contributed by atoms with Crippen LogP contribution in [0.15, 0.2) is 78.8 Å². The Bertz CT molecular complexity index is 1480. The highest BCUT2D eigenvalue weighted by Gasteiger charge is 2.36. The van der Waals surface area contributed by atoms with Crippen molar-refractivity contribution in [2.45, 2.75) is 64.9 Å². The second-order valence-corrected chi connectivity index (χ2v) is 11.3. The van der Waals surface area contributed by atoms with Gasteiger partial charge in [0.05, 0.1) is 5.54 Å². The Balaban J connectivity index is 1.60. The predicted octanol–water partition coefficient (Wildman–Crippen LogP) is 3.85. The number of rotatable bonds is 9. The van der Waals surface area contributed by atoms with E-state index in [1.165, 1.54) is 0 Å². The number of carbonyl (C=O) groups is 2. The number of amides is 2. The third-order valence-electron chi connectivity index (χ3n) is 6.08. The number of nitrogens with zero attached hydrogens (tertiary/aromatic N) is 1. The summed E-state index contributed by atoms with van der Waals surface area (Å²) in [4.78, 5) is 40.9. The van der Waals surface area contributed by atoms with Crippen molar-refractivity contribution in [2.24, 2.45) is 5.73 Å². The van der Waals surface area contributed by atoms with Crippen LogP contribution in [0.5, 0.6) is 0 Å².